The highest BCUT2D eigenvalue weighted by Gasteiger charge is 2.26. The Bertz CT molecular complexity index is 378. The maximum absolute atomic E-state index is 13.1. The molecule has 0 bridgehead atoms. The summed E-state index contributed by atoms with van der Waals surface area (Å²) in [7, 11) is 0. The minimum absolute atomic E-state index is 0.158. The van der Waals surface area contributed by atoms with Gasteiger partial charge in [-0.3, -0.25) is 0 Å². The summed E-state index contributed by atoms with van der Waals surface area (Å²) in [5.41, 5.74) is 7.59. The van der Waals surface area contributed by atoms with Crippen molar-refractivity contribution in [1.82, 2.24) is 9.97 Å². The molecule has 0 spiro atoms. The maximum Gasteiger partial charge on any atom is 0.248 e. The summed E-state index contributed by atoms with van der Waals surface area (Å²) in [6, 6.07) is 0. The van der Waals surface area contributed by atoms with Gasteiger partial charge >= 0.3 is 0 Å². The highest BCUT2D eigenvalue weighted by molar-refractivity contribution is 5.48. The van der Waals surface area contributed by atoms with Crippen molar-refractivity contribution in [3.05, 3.63) is 17.7 Å². The van der Waals surface area contributed by atoms with E-state index in [9.17, 15) is 8.78 Å². The molecule has 0 amide bonds. The summed E-state index contributed by atoms with van der Waals surface area (Å²) in [5, 5.41) is 0. The lowest BCUT2D eigenvalue weighted by atomic mass is 10.0. The van der Waals surface area contributed by atoms with Crippen LogP contribution in [-0.4, -0.2) is 15.9 Å². The average molecular weight is 243 g/mol. The lowest BCUT2D eigenvalue weighted by Crippen LogP contribution is -2.16. The molecule has 1 aromatic heterocycles. The number of nitrogen functional groups attached to an aromatic ring is 1. The van der Waals surface area contributed by atoms with E-state index in [1.165, 1.54) is 13.3 Å². The Kier molecular flexibility index (Phi) is 4.37. The zero-order valence-electron chi connectivity index (χ0n) is 10.5. The zero-order chi connectivity index (χ0) is 13.1. The molecule has 0 aromatic carbocycles. The van der Waals surface area contributed by atoms with Gasteiger partial charge in [-0.25, -0.2) is 18.7 Å². The molecule has 0 aliphatic carbocycles. The molecule has 0 saturated carbocycles. The van der Waals surface area contributed by atoms with E-state index < -0.39 is 5.92 Å². The first-order valence-electron chi connectivity index (χ1n) is 5.84. The molecule has 0 unspecified atom stereocenters. The fourth-order valence-electron chi connectivity index (χ4n) is 1.59. The summed E-state index contributed by atoms with van der Waals surface area (Å²) >= 11 is 0. The largest absolute Gasteiger partial charge is 0.396 e. The van der Waals surface area contributed by atoms with Crippen molar-refractivity contribution in [2.45, 2.75) is 51.9 Å². The van der Waals surface area contributed by atoms with Crippen LogP contribution in [0.5, 0.6) is 0 Å². The first-order valence-corrected chi connectivity index (χ1v) is 5.84. The van der Waals surface area contributed by atoms with Crippen LogP contribution in [0.4, 0.5) is 14.5 Å². The number of nitrogens with zero attached hydrogens (tertiary/aromatic N) is 2. The molecule has 0 saturated heterocycles. The molecule has 3 nitrogen and oxygen atoms in total. The van der Waals surface area contributed by atoms with E-state index in [1.807, 2.05) is 13.8 Å². The number of halogens is 2. The monoisotopic (exact) mass is 243 g/mol. The first kappa shape index (κ1) is 13.8. The Hall–Kier alpha value is -1.26. The predicted octanol–water partition coefficient (Wildman–Crippen LogP) is 3.16. The Morgan fingerprint density at radius 3 is 2.53 bits per heavy atom. The van der Waals surface area contributed by atoms with E-state index in [-0.39, 0.29) is 25.2 Å². The smallest absolute Gasteiger partial charge is 0.248 e. The fraction of sp³-hybridized carbons (Fsp3) is 0.667. The minimum Gasteiger partial charge on any atom is -0.396 e. The number of aromatic nitrogens is 2. The van der Waals surface area contributed by atoms with Crippen LogP contribution in [0.15, 0.2) is 6.33 Å². The van der Waals surface area contributed by atoms with Gasteiger partial charge in [-0.1, -0.05) is 20.8 Å². The molecule has 0 aliphatic heterocycles. The van der Waals surface area contributed by atoms with Crippen LogP contribution >= 0.6 is 0 Å². The second-order valence-corrected chi connectivity index (χ2v) is 4.48. The molecule has 2 N–H and O–H groups in total. The van der Waals surface area contributed by atoms with E-state index in [1.54, 1.807) is 0 Å². The summed E-state index contributed by atoms with van der Waals surface area (Å²) in [6.45, 7) is 5.40. The van der Waals surface area contributed by atoms with Crippen molar-refractivity contribution in [1.29, 1.82) is 0 Å². The lowest BCUT2D eigenvalue weighted by Gasteiger charge is -2.15. The normalized spacial score (nSPS) is 12.1. The molecule has 1 heterocycles. The van der Waals surface area contributed by atoms with Gasteiger partial charge in [0.25, 0.3) is 0 Å². The van der Waals surface area contributed by atoms with Gasteiger partial charge in [0.1, 0.15) is 6.33 Å². The van der Waals surface area contributed by atoms with Crippen LogP contribution < -0.4 is 5.73 Å². The van der Waals surface area contributed by atoms with Crippen molar-refractivity contribution in [3.63, 3.8) is 0 Å². The maximum atomic E-state index is 13.1. The van der Waals surface area contributed by atoms with Gasteiger partial charge in [0.05, 0.1) is 17.1 Å². The molecule has 5 heteroatoms. The Balaban J connectivity index is 2.82. The summed E-state index contributed by atoms with van der Waals surface area (Å²) < 4.78 is 26.3. The molecule has 0 radical (unpaired) electrons. The Labute approximate surface area is 100 Å². The van der Waals surface area contributed by atoms with E-state index in [0.717, 1.165) is 5.69 Å². The van der Waals surface area contributed by atoms with Gasteiger partial charge in [0, 0.05) is 12.8 Å². The molecule has 1 rings (SSSR count). The van der Waals surface area contributed by atoms with Crippen LogP contribution in [-0.2, 0) is 6.42 Å². The van der Waals surface area contributed by atoms with Gasteiger partial charge in [-0.15, -0.1) is 0 Å². The highest BCUT2D eigenvalue weighted by Crippen LogP contribution is 2.27. The zero-order valence-corrected chi connectivity index (χ0v) is 10.5. The van der Waals surface area contributed by atoms with E-state index in [2.05, 4.69) is 9.97 Å². The molecular formula is C12H19F2N3. The molecule has 17 heavy (non-hydrogen) atoms. The van der Waals surface area contributed by atoms with Crippen LogP contribution in [0.3, 0.4) is 0 Å². The van der Waals surface area contributed by atoms with Crippen LogP contribution in [0.25, 0.3) is 0 Å². The number of anilines is 1. The van der Waals surface area contributed by atoms with Crippen molar-refractivity contribution in [3.8, 4) is 0 Å². The molecule has 0 fully saturated rings. The summed E-state index contributed by atoms with van der Waals surface area (Å²) in [6.07, 6.45) is 1.21. The lowest BCUT2D eigenvalue weighted by molar-refractivity contribution is -0.0112. The number of hydrogen-bond donors (Lipinski definition) is 1. The third-order valence-corrected chi connectivity index (χ3v) is 2.79. The van der Waals surface area contributed by atoms with Gasteiger partial charge in [0.15, 0.2) is 0 Å². The third-order valence-electron chi connectivity index (χ3n) is 2.79. The van der Waals surface area contributed by atoms with Crippen LogP contribution in [0, 0.1) is 0 Å². The molecule has 96 valence electrons. The molecule has 0 aliphatic rings. The second-order valence-electron chi connectivity index (χ2n) is 4.48. The quantitative estimate of drug-likeness (QED) is 0.864. The van der Waals surface area contributed by atoms with Crippen LogP contribution in [0.2, 0.25) is 0 Å². The van der Waals surface area contributed by atoms with E-state index in [4.69, 9.17) is 5.73 Å². The standard InChI is InChI=1S/C12H19F2N3/c1-4-12(13,14)6-5-9-10(15)11(8(2)3)17-7-16-9/h7-8H,4-6,15H2,1-3H3. The van der Waals surface area contributed by atoms with E-state index >= 15 is 0 Å². The third kappa shape index (κ3) is 3.61. The number of rotatable bonds is 5. The topological polar surface area (TPSA) is 51.8 Å². The minimum atomic E-state index is -2.64. The highest BCUT2D eigenvalue weighted by atomic mass is 19.3. The molecule has 1 aromatic rings. The summed E-state index contributed by atoms with van der Waals surface area (Å²) in [4.78, 5) is 8.07. The number of alkyl halides is 2. The fourth-order valence-corrected chi connectivity index (χ4v) is 1.59. The van der Waals surface area contributed by atoms with Crippen molar-refractivity contribution < 1.29 is 8.78 Å². The van der Waals surface area contributed by atoms with Gasteiger partial charge in [-0.05, 0) is 12.3 Å². The average Bonchev–Trinajstić information content (AvgIpc) is 2.27. The van der Waals surface area contributed by atoms with Crippen LogP contribution in [0.1, 0.15) is 50.9 Å². The number of hydrogen-bond acceptors (Lipinski definition) is 3. The summed E-state index contributed by atoms with van der Waals surface area (Å²) in [5.74, 6) is -2.47. The number of nitrogens with two attached hydrogens (primary N) is 1. The van der Waals surface area contributed by atoms with Crippen molar-refractivity contribution in [2.24, 2.45) is 0 Å². The second kappa shape index (κ2) is 5.38. The Morgan fingerprint density at radius 2 is 2.00 bits per heavy atom. The first-order chi connectivity index (χ1) is 7.87. The van der Waals surface area contributed by atoms with Gasteiger partial charge in [-0.2, -0.15) is 0 Å². The SMILES string of the molecule is CCC(F)(F)CCc1ncnc(C(C)C)c1N. The number of aryl methyl sites for hydroxylation is 1. The van der Waals surface area contributed by atoms with E-state index in [0.29, 0.717) is 11.4 Å². The van der Waals surface area contributed by atoms with Crippen molar-refractivity contribution >= 4 is 5.69 Å². The van der Waals surface area contributed by atoms with Gasteiger partial charge < -0.3 is 5.73 Å². The molecular weight excluding hydrogens is 224 g/mol. The van der Waals surface area contributed by atoms with Gasteiger partial charge in [0.2, 0.25) is 5.92 Å². The van der Waals surface area contributed by atoms with Crippen molar-refractivity contribution in [2.75, 3.05) is 5.73 Å². The predicted molar refractivity (Wildman–Crippen MR) is 64.1 cm³/mol. The Morgan fingerprint density at radius 1 is 1.35 bits per heavy atom. The molecule has 0 atom stereocenters.